The number of hydrogen-bond donors (Lipinski definition) is 1. The normalized spacial score (nSPS) is 28.7. The highest BCUT2D eigenvalue weighted by Gasteiger charge is 2.53. The van der Waals surface area contributed by atoms with E-state index in [9.17, 15) is 18.0 Å². The number of carbonyl (C=O) groups is 2. The van der Waals surface area contributed by atoms with Crippen LogP contribution in [0.15, 0.2) is 0 Å². The molecule has 6 nitrogen and oxygen atoms in total. The molecule has 0 spiro atoms. The maximum absolute atomic E-state index is 11.6. The molecule has 7 heteroatoms. The number of nitrogens with two attached hydrogens (primary N) is 1. The Morgan fingerprint density at radius 1 is 1.57 bits per heavy atom. The van der Waals surface area contributed by atoms with Crippen LogP contribution in [0.1, 0.15) is 13.8 Å². The molecule has 1 atom stereocenters. The molecule has 1 saturated heterocycles. The summed E-state index contributed by atoms with van der Waals surface area (Å²) in [6.45, 7) is 2.75. The van der Waals surface area contributed by atoms with Gasteiger partial charge in [0.25, 0.3) is 0 Å². The first kappa shape index (κ1) is 11.0. The first-order valence-corrected chi connectivity index (χ1v) is 5.64. The van der Waals surface area contributed by atoms with Gasteiger partial charge in [0.2, 0.25) is 12.3 Å². The van der Waals surface area contributed by atoms with E-state index in [-0.39, 0.29) is 0 Å². The Labute approximate surface area is 82.0 Å². The van der Waals surface area contributed by atoms with Crippen LogP contribution in [0, 0.1) is 0 Å². The molecular weight excluding hydrogens is 208 g/mol. The summed E-state index contributed by atoms with van der Waals surface area (Å²) in [5, 5.41) is 0. The van der Waals surface area contributed by atoms with E-state index in [1.807, 2.05) is 0 Å². The Bertz CT molecular complexity index is 373. The third-order valence-electron chi connectivity index (χ3n) is 2.54. The second-order valence-electron chi connectivity index (χ2n) is 3.66. The maximum atomic E-state index is 11.6. The molecule has 14 heavy (non-hydrogen) atoms. The number of nitrogens with zero attached hydrogens (tertiary/aromatic N) is 1. The number of amides is 2. The molecule has 0 bridgehead atoms. The maximum Gasteiger partial charge on any atom is 0.241 e. The van der Waals surface area contributed by atoms with Crippen molar-refractivity contribution in [2.24, 2.45) is 5.73 Å². The highest BCUT2D eigenvalue weighted by Crippen LogP contribution is 2.31. The van der Waals surface area contributed by atoms with Gasteiger partial charge in [0, 0.05) is 0 Å². The van der Waals surface area contributed by atoms with E-state index in [4.69, 9.17) is 5.73 Å². The first-order valence-electron chi connectivity index (χ1n) is 3.99. The van der Waals surface area contributed by atoms with Crippen molar-refractivity contribution in [1.29, 1.82) is 0 Å². The predicted octanol–water partition coefficient (Wildman–Crippen LogP) is -1.54. The molecule has 1 heterocycles. The van der Waals surface area contributed by atoms with Gasteiger partial charge in [0.1, 0.15) is 10.9 Å². The molecular formula is C7H12N2O4S. The van der Waals surface area contributed by atoms with E-state index in [1.165, 1.54) is 13.8 Å². The van der Waals surface area contributed by atoms with Gasteiger partial charge in [-0.25, -0.2) is 8.42 Å². The fourth-order valence-electron chi connectivity index (χ4n) is 1.45. The molecule has 0 unspecified atom stereocenters. The van der Waals surface area contributed by atoms with E-state index >= 15 is 0 Å². The topological polar surface area (TPSA) is 97.5 Å². The van der Waals surface area contributed by atoms with Crippen molar-refractivity contribution in [3.8, 4) is 0 Å². The van der Waals surface area contributed by atoms with Crippen molar-refractivity contribution < 1.29 is 18.0 Å². The van der Waals surface area contributed by atoms with Crippen molar-refractivity contribution >= 4 is 22.2 Å². The van der Waals surface area contributed by atoms with Crippen LogP contribution in [0.25, 0.3) is 0 Å². The molecule has 0 saturated carbocycles. The first-order chi connectivity index (χ1) is 6.24. The van der Waals surface area contributed by atoms with Gasteiger partial charge in [-0.3, -0.25) is 9.59 Å². The molecule has 0 aromatic carbocycles. The lowest BCUT2D eigenvalue weighted by atomic mass is 10.2. The summed E-state index contributed by atoms with van der Waals surface area (Å²) >= 11 is 0. The molecule has 0 aliphatic carbocycles. The van der Waals surface area contributed by atoms with E-state index in [0.717, 1.165) is 4.90 Å². The third-order valence-corrected chi connectivity index (χ3v) is 5.03. The summed E-state index contributed by atoms with van der Waals surface area (Å²) in [5.41, 5.74) is 5.00. The molecule has 0 radical (unpaired) electrons. The average Bonchev–Trinajstić information content (AvgIpc) is 2.19. The van der Waals surface area contributed by atoms with Gasteiger partial charge in [-0.15, -0.1) is 0 Å². The predicted molar refractivity (Wildman–Crippen MR) is 48.8 cm³/mol. The Kier molecular flexibility index (Phi) is 2.31. The van der Waals surface area contributed by atoms with Crippen LogP contribution >= 0.6 is 0 Å². The third kappa shape index (κ3) is 1.28. The average molecular weight is 220 g/mol. The largest absolute Gasteiger partial charge is 0.368 e. The molecule has 0 aromatic heterocycles. The van der Waals surface area contributed by atoms with Gasteiger partial charge >= 0.3 is 0 Å². The van der Waals surface area contributed by atoms with Crippen molar-refractivity contribution in [3.05, 3.63) is 0 Å². The lowest BCUT2D eigenvalue weighted by molar-refractivity contribution is -0.131. The molecule has 1 aliphatic rings. The second-order valence-corrected chi connectivity index (χ2v) is 6.22. The number of sulfone groups is 1. The van der Waals surface area contributed by atoms with E-state index in [1.54, 1.807) is 0 Å². The lowest BCUT2D eigenvalue weighted by Gasteiger charge is -2.28. The summed E-state index contributed by atoms with van der Waals surface area (Å²) in [4.78, 5) is 21.2. The van der Waals surface area contributed by atoms with Crippen LogP contribution in [-0.2, 0) is 19.4 Å². The number of primary amides is 1. The van der Waals surface area contributed by atoms with Crippen LogP contribution in [0.2, 0.25) is 0 Å². The summed E-state index contributed by atoms with van der Waals surface area (Å²) in [6.07, 6.45) is 0.347. The molecule has 2 N–H and O–H groups in total. The Balaban J connectivity index is 3.23. The standard InChI is InChI=1S/C7H12N2O4S/c1-7(2)9(4-10)5(6(8)11)3-14(7,12)13/h4-5H,3H2,1-2H3,(H2,8,11)/t5-/m0/s1. The molecule has 2 amide bonds. The Hall–Kier alpha value is -1.11. The lowest BCUT2D eigenvalue weighted by Crippen LogP contribution is -2.49. The summed E-state index contributed by atoms with van der Waals surface area (Å²) in [6, 6.07) is -1.05. The molecule has 80 valence electrons. The smallest absolute Gasteiger partial charge is 0.241 e. The highest BCUT2D eigenvalue weighted by atomic mass is 32.2. The minimum atomic E-state index is -3.49. The minimum Gasteiger partial charge on any atom is -0.368 e. The van der Waals surface area contributed by atoms with Gasteiger partial charge < -0.3 is 10.6 Å². The Morgan fingerprint density at radius 3 is 2.36 bits per heavy atom. The quantitative estimate of drug-likeness (QED) is 0.570. The van der Waals surface area contributed by atoms with E-state index < -0.39 is 32.4 Å². The molecule has 0 aromatic rings. The van der Waals surface area contributed by atoms with Crippen LogP contribution in [-0.4, -0.2) is 42.3 Å². The van der Waals surface area contributed by atoms with Gasteiger partial charge in [-0.1, -0.05) is 0 Å². The molecule has 1 rings (SSSR count). The monoisotopic (exact) mass is 220 g/mol. The van der Waals surface area contributed by atoms with E-state index in [2.05, 4.69) is 0 Å². The SMILES string of the molecule is CC1(C)N(C=O)[C@H](C(N)=O)CS1(=O)=O. The highest BCUT2D eigenvalue weighted by molar-refractivity contribution is 7.93. The summed E-state index contributed by atoms with van der Waals surface area (Å²) < 4.78 is 23.1. The zero-order valence-electron chi connectivity index (χ0n) is 7.93. The van der Waals surface area contributed by atoms with Crippen LogP contribution < -0.4 is 5.73 Å². The number of carbonyl (C=O) groups excluding carboxylic acids is 2. The summed E-state index contributed by atoms with van der Waals surface area (Å²) in [7, 11) is -3.49. The van der Waals surface area contributed by atoms with Crippen LogP contribution in [0.3, 0.4) is 0 Å². The van der Waals surface area contributed by atoms with Gasteiger partial charge in [-0.2, -0.15) is 0 Å². The summed E-state index contributed by atoms with van der Waals surface area (Å²) in [5.74, 6) is -1.19. The van der Waals surface area contributed by atoms with Gasteiger partial charge in [0.05, 0.1) is 5.75 Å². The van der Waals surface area contributed by atoms with Crippen LogP contribution in [0.4, 0.5) is 0 Å². The zero-order valence-corrected chi connectivity index (χ0v) is 8.74. The Morgan fingerprint density at radius 2 is 2.07 bits per heavy atom. The van der Waals surface area contributed by atoms with Gasteiger partial charge in [0.15, 0.2) is 9.84 Å². The number of rotatable bonds is 2. The minimum absolute atomic E-state index is 0.347. The fourth-order valence-corrected chi connectivity index (χ4v) is 3.09. The van der Waals surface area contributed by atoms with Crippen molar-refractivity contribution in [2.75, 3.05) is 5.75 Å². The van der Waals surface area contributed by atoms with Crippen molar-refractivity contribution in [1.82, 2.24) is 4.90 Å². The van der Waals surface area contributed by atoms with Crippen molar-refractivity contribution in [3.63, 3.8) is 0 Å². The van der Waals surface area contributed by atoms with Crippen LogP contribution in [0.5, 0.6) is 0 Å². The molecule has 1 fully saturated rings. The number of hydrogen-bond acceptors (Lipinski definition) is 4. The van der Waals surface area contributed by atoms with E-state index in [0.29, 0.717) is 6.41 Å². The van der Waals surface area contributed by atoms with Crippen molar-refractivity contribution in [2.45, 2.75) is 24.8 Å². The van der Waals surface area contributed by atoms with Gasteiger partial charge in [-0.05, 0) is 13.8 Å². The second kappa shape index (κ2) is 2.94. The molecule has 1 aliphatic heterocycles. The zero-order chi connectivity index (χ0) is 11.1. The fraction of sp³-hybridized carbons (Fsp3) is 0.714.